The fourth-order valence-corrected chi connectivity index (χ4v) is 3.50. The lowest BCUT2D eigenvalue weighted by Crippen LogP contribution is -2.45. The third-order valence-electron chi connectivity index (χ3n) is 5.17. The average molecular weight is 317 g/mol. The van der Waals surface area contributed by atoms with Gasteiger partial charge in [-0.05, 0) is 31.6 Å². The molecule has 0 aliphatic carbocycles. The number of hydrogen-bond acceptors (Lipinski definition) is 5. The molecule has 3 rings (SSSR count). The van der Waals surface area contributed by atoms with Gasteiger partial charge in [0.1, 0.15) is 18.0 Å². The number of hydrogen-bond donors (Lipinski definition) is 1. The normalized spacial score (nSPS) is 20.6. The van der Waals surface area contributed by atoms with Gasteiger partial charge < -0.3 is 15.1 Å². The molecule has 1 N–H and O–H groups in total. The number of carbonyl (C=O) groups excluding carboxylic acids is 1. The molecular formula is C17H27N5O. The second-order valence-electron chi connectivity index (χ2n) is 6.78. The van der Waals surface area contributed by atoms with Crippen LogP contribution in [0.15, 0.2) is 12.4 Å². The lowest BCUT2D eigenvalue weighted by atomic mass is 9.92. The summed E-state index contributed by atoms with van der Waals surface area (Å²) in [5.41, 5.74) is 0. The summed E-state index contributed by atoms with van der Waals surface area (Å²) in [5.74, 6) is 3.10. The van der Waals surface area contributed by atoms with Crippen molar-refractivity contribution in [3.63, 3.8) is 0 Å². The molecule has 2 aliphatic heterocycles. The minimum Gasteiger partial charge on any atom is -0.373 e. The predicted octanol–water partition coefficient (Wildman–Crippen LogP) is 1.99. The summed E-state index contributed by atoms with van der Waals surface area (Å²) < 4.78 is 0. The molecule has 2 fully saturated rings. The highest BCUT2D eigenvalue weighted by molar-refractivity contribution is 5.79. The molecule has 23 heavy (non-hydrogen) atoms. The molecule has 2 aliphatic rings. The van der Waals surface area contributed by atoms with Crippen molar-refractivity contribution in [1.82, 2.24) is 14.9 Å². The van der Waals surface area contributed by atoms with Crippen LogP contribution >= 0.6 is 0 Å². The molecular weight excluding hydrogens is 290 g/mol. The largest absolute Gasteiger partial charge is 0.373 e. The van der Waals surface area contributed by atoms with Crippen molar-refractivity contribution in [1.29, 1.82) is 0 Å². The molecule has 126 valence electrons. The van der Waals surface area contributed by atoms with E-state index in [9.17, 15) is 4.79 Å². The summed E-state index contributed by atoms with van der Waals surface area (Å²) >= 11 is 0. The topological polar surface area (TPSA) is 61.4 Å². The lowest BCUT2D eigenvalue weighted by molar-refractivity contribution is -0.137. The zero-order valence-corrected chi connectivity index (χ0v) is 14.2. The molecule has 3 heterocycles. The Bertz CT molecular complexity index is 534. The molecule has 0 unspecified atom stereocenters. The first-order valence-corrected chi connectivity index (χ1v) is 8.71. The molecule has 6 nitrogen and oxygen atoms in total. The Kier molecular flexibility index (Phi) is 4.98. The van der Waals surface area contributed by atoms with Crippen LogP contribution < -0.4 is 10.2 Å². The predicted molar refractivity (Wildman–Crippen MR) is 91.5 cm³/mol. The third-order valence-corrected chi connectivity index (χ3v) is 5.17. The highest BCUT2D eigenvalue weighted by Crippen LogP contribution is 2.26. The molecule has 0 spiro atoms. The molecule has 6 heteroatoms. The van der Waals surface area contributed by atoms with Gasteiger partial charge in [0.05, 0.1) is 0 Å². The van der Waals surface area contributed by atoms with Crippen LogP contribution in [0.25, 0.3) is 0 Å². The van der Waals surface area contributed by atoms with Crippen LogP contribution in [-0.4, -0.2) is 54.0 Å². The first-order valence-electron chi connectivity index (χ1n) is 8.71. The van der Waals surface area contributed by atoms with Crippen molar-refractivity contribution in [3.8, 4) is 0 Å². The van der Waals surface area contributed by atoms with Crippen LogP contribution in [0.5, 0.6) is 0 Å². The maximum absolute atomic E-state index is 12.7. The van der Waals surface area contributed by atoms with E-state index in [0.717, 1.165) is 69.4 Å². The smallest absolute Gasteiger partial charge is 0.225 e. The molecule has 0 aromatic carbocycles. The number of likely N-dealkylation sites (tertiary alicyclic amines) is 1. The summed E-state index contributed by atoms with van der Waals surface area (Å²) in [6, 6.07) is 1.97. The SMILES string of the molecule is CNc1cc(N2CCC(C(=O)N3CCC(C)CC3)CC2)ncn1. The van der Waals surface area contributed by atoms with Gasteiger partial charge in [0.15, 0.2) is 0 Å². The number of carbonyl (C=O) groups is 1. The van der Waals surface area contributed by atoms with Gasteiger partial charge in [-0.1, -0.05) is 6.92 Å². The number of nitrogens with one attached hydrogen (secondary N) is 1. The zero-order valence-electron chi connectivity index (χ0n) is 14.2. The van der Waals surface area contributed by atoms with Crippen LogP contribution in [0.4, 0.5) is 11.6 Å². The van der Waals surface area contributed by atoms with Crippen LogP contribution in [0.2, 0.25) is 0 Å². The minimum absolute atomic E-state index is 0.185. The molecule has 0 saturated carbocycles. The molecule has 0 bridgehead atoms. The number of piperidine rings is 2. The van der Waals surface area contributed by atoms with Crippen molar-refractivity contribution < 1.29 is 4.79 Å². The van der Waals surface area contributed by atoms with E-state index in [2.05, 4.69) is 32.0 Å². The van der Waals surface area contributed by atoms with Crippen LogP contribution in [0.1, 0.15) is 32.6 Å². The van der Waals surface area contributed by atoms with Crippen LogP contribution in [-0.2, 0) is 4.79 Å². The van der Waals surface area contributed by atoms with E-state index in [-0.39, 0.29) is 5.92 Å². The fraction of sp³-hybridized carbons (Fsp3) is 0.706. The van der Waals surface area contributed by atoms with E-state index < -0.39 is 0 Å². The molecule has 0 atom stereocenters. The summed E-state index contributed by atoms with van der Waals surface area (Å²) in [7, 11) is 1.86. The maximum Gasteiger partial charge on any atom is 0.225 e. The van der Waals surface area contributed by atoms with Crippen molar-refractivity contribution in [2.45, 2.75) is 32.6 Å². The monoisotopic (exact) mass is 317 g/mol. The van der Waals surface area contributed by atoms with Gasteiger partial charge in [0, 0.05) is 45.2 Å². The molecule has 1 aromatic heterocycles. The molecule has 2 saturated heterocycles. The molecule has 0 radical (unpaired) electrons. The van der Waals surface area contributed by atoms with Crippen molar-refractivity contribution in [3.05, 3.63) is 12.4 Å². The maximum atomic E-state index is 12.7. The number of rotatable bonds is 3. The van der Waals surface area contributed by atoms with Gasteiger partial charge in [-0.3, -0.25) is 4.79 Å². The van der Waals surface area contributed by atoms with Gasteiger partial charge >= 0.3 is 0 Å². The van der Waals surface area contributed by atoms with E-state index in [4.69, 9.17) is 0 Å². The zero-order chi connectivity index (χ0) is 16.2. The summed E-state index contributed by atoms with van der Waals surface area (Å²) in [6.07, 6.45) is 5.73. The van der Waals surface area contributed by atoms with E-state index in [0.29, 0.717) is 5.91 Å². The number of amides is 1. The van der Waals surface area contributed by atoms with Crippen molar-refractivity contribution >= 4 is 17.5 Å². The Hall–Kier alpha value is -1.85. The highest BCUT2D eigenvalue weighted by atomic mass is 16.2. The summed E-state index contributed by atoms with van der Waals surface area (Å²) in [5, 5.41) is 3.04. The van der Waals surface area contributed by atoms with E-state index in [1.54, 1.807) is 6.33 Å². The summed E-state index contributed by atoms with van der Waals surface area (Å²) in [4.78, 5) is 25.5. The Morgan fingerprint density at radius 2 is 1.83 bits per heavy atom. The third kappa shape index (κ3) is 3.74. The van der Waals surface area contributed by atoms with Crippen molar-refractivity contribution in [2.75, 3.05) is 43.4 Å². The van der Waals surface area contributed by atoms with Gasteiger partial charge in [-0.15, -0.1) is 0 Å². The second kappa shape index (κ2) is 7.15. The Labute approximate surface area is 138 Å². The fourth-order valence-electron chi connectivity index (χ4n) is 3.50. The van der Waals surface area contributed by atoms with E-state index in [1.165, 1.54) is 0 Å². The Morgan fingerprint density at radius 1 is 1.13 bits per heavy atom. The summed E-state index contributed by atoms with van der Waals surface area (Å²) in [6.45, 7) is 5.94. The van der Waals surface area contributed by atoms with Crippen molar-refractivity contribution in [2.24, 2.45) is 11.8 Å². The second-order valence-corrected chi connectivity index (χ2v) is 6.78. The highest BCUT2D eigenvalue weighted by Gasteiger charge is 2.30. The van der Waals surface area contributed by atoms with Crippen LogP contribution in [0.3, 0.4) is 0 Å². The lowest BCUT2D eigenvalue weighted by Gasteiger charge is -2.37. The molecule has 1 aromatic rings. The molecule has 1 amide bonds. The standard InChI is InChI=1S/C17H27N5O/c1-13-3-7-22(8-4-13)17(23)14-5-9-21(10-6-14)16-11-15(18-2)19-12-20-16/h11-14H,3-10H2,1-2H3,(H,18,19,20). The van der Waals surface area contributed by atoms with E-state index >= 15 is 0 Å². The number of aromatic nitrogens is 2. The Morgan fingerprint density at radius 3 is 2.48 bits per heavy atom. The quantitative estimate of drug-likeness (QED) is 0.924. The van der Waals surface area contributed by atoms with E-state index in [1.807, 2.05) is 13.1 Å². The first-order chi connectivity index (χ1) is 11.2. The van der Waals surface area contributed by atoms with Gasteiger partial charge in [0.25, 0.3) is 0 Å². The van der Waals surface area contributed by atoms with Gasteiger partial charge in [0.2, 0.25) is 5.91 Å². The van der Waals surface area contributed by atoms with Gasteiger partial charge in [-0.25, -0.2) is 9.97 Å². The first kappa shape index (κ1) is 16.0. The van der Waals surface area contributed by atoms with Crippen LogP contribution in [0, 0.1) is 11.8 Å². The number of nitrogens with zero attached hydrogens (tertiary/aromatic N) is 4. The minimum atomic E-state index is 0.185. The number of anilines is 2. The van der Waals surface area contributed by atoms with Gasteiger partial charge in [-0.2, -0.15) is 0 Å². The average Bonchev–Trinajstić information content (AvgIpc) is 2.62. The Balaban J connectivity index is 1.54.